The van der Waals surface area contributed by atoms with E-state index in [-0.39, 0.29) is 0 Å². The second kappa shape index (κ2) is 4.19. The minimum atomic E-state index is 0.541. The van der Waals surface area contributed by atoms with Crippen molar-refractivity contribution in [2.45, 2.75) is 31.0 Å². The van der Waals surface area contributed by atoms with E-state index >= 15 is 0 Å². The van der Waals surface area contributed by atoms with Gasteiger partial charge in [-0.05, 0) is 19.1 Å². The molecule has 3 heteroatoms. The largest absolute Gasteiger partial charge is 0.249 e. The number of hydrogen-bond donors (Lipinski definition) is 0. The van der Waals surface area contributed by atoms with Gasteiger partial charge in [0.05, 0.1) is 16.7 Å². The highest BCUT2D eigenvalue weighted by atomic mass is 32.2. The van der Waals surface area contributed by atoms with Gasteiger partial charge in [0.25, 0.3) is 0 Å². The van der Waals surface area contributed by atoms with Crippen molar-refractivity contribution in [1.29, 1.82) is 0 Å². The summed E-state index contributed by atoms with van der Waals surface area (Å²) in [6, 6.07) is 7.99. The molecule has 0 unspecified atom stereocenters. The summed E-state index contributed by atoms with van der Waals surface area (Å²) in [5, 5.41) is 1.59. The maximum Gasteiger partial charge on any atom is 0.118 e. The maximum absolute atomic E-state index is 4.62. The van der Waals surface area contributed by atoms with Crippen LogP contribution in [-0.4, -0.2) is 15.2 Å². The first-order chi connectivity index (χ1) is 7.16. The van der Waals surface area contributed by atoms with Crippen LogP contribution in [0, 0.1) is 6.92 Å². The Kier molecular flexibility index (Phi) is 2.91. The number of para-hydroxylation sites is 2. The molecule has 0 aliphatic rings. The van der Waals surface area contributed by atoms with Gasteiger partial charge in [0.2, 0.25) is 0 Å². The molecule has 1 aromatic heterocycles. The minimum Gasteiger partial charge on any atom is -0.249 e. The average Bonchev–Trinajstić information content (AvgIpc) is 2.18. The van der Waals surface area contributed by atoms with Gasteiger partial charge in [-0.2, -0.15) is 0 Å². The summed E-state index contributed by atoms with van der Waals surface area (Å²) in [5.74, 6) is 0. The topological polar surface area (TPSA) is 25.8 Å². The number of rotatable bonds is 2. The molecule has 0 saturated heterocycles. The second-order valence-electron chi connectivity index (χ2n) is 3.77. The average molecular weight is 218 g/mol. The standard InChI is InChI=1S/C12H14N2S/c1-8(2)15-12-9(3)13-10-6-4-5-7-11(10)14-12/h4-8H,1-3H3. The number of aryl methyl sites for hydroxylation is 1. The van der Waals surface area contributed by atoms with Gasteiger partial charge in [0.1, 0.15) is 5.03 Å². The van der Waals surface area contributed by atoms with Crippen molar-refractivity contribution in [1.82, 2.24) is 9.97 Å². The molecular formula is C12H14N2S. The van der Waals surface area contributed by atoms with Crippen molar-refractivity contribution in [3.63, 3.8) is 0 Å². The monoisotopic (exact) mass is 218 g/mol. The van der Waals surface area contributed by atoms with Crippen molar-refractivity contribution in [3.8, 4) is 0 Å². The van der Waals surface area contributed by atoms with E-state index < -0.39 is 0 Å². The predicted octanol–water partition coefficient (Wildman–Crippen LogP) is 3.44. The lowest BCUT2D eigenvalue weighted by molar-refractivity contribution is 1.02. The van der Waals surface area contributed by atoms with Crippen LogP contribution in [-0.2, 0) is 0 Å². The van der Waals surface area contributed by atoms with Gasteiger partial charge in [-0.1, -0.05) is 26.0 Å². The Labute approximate surface area is 94.1 Å². The maximum atomic E-state index is 4.62. The molecule has 0 amide bonds. The molecule has 1 heterocycles. The first kappa shape index (κ1) is 10.4. The third kappa shape index (κ3) is 2.29. The molecule has 0 saturated carbocycles. The van der Waals surface area contributed by atoms with Gasteiger partial charge in [-0.15, -0.1) is 11.8 Å². The highest BCUT2D eigenvalue weighted by Gasteiger charge is 2.06. The lowest BCUT2D eigenvalue weighted by atomic mass is 10.3. The molecule has 0 spiro atoms. The zero-order chi connectivity index (χ0) is 10.8. The summed E-state index contributed by atoms with van der Waals surface area (Å²) in [4.78, 5) is 9.16. The van der Waals surface area contributed by atoms with Crippen molar-refractivity contribution >= 4 is 22.8 Å². The smallest absolute Gasteiger partial charge is 0.118 e. The highest BCUT2D eigenvalue weighted by molar-refractivity contribution is 7.99. The SMILES string of the molecule is Cc1nc2ccccc2nc1SC(C)C. The van der Waals surface area contributed by atoms with Crippen LogP contribution in [0.5, 0.6) is 0 Å². The number of benzene rings is 1. The van der Waals surface area contributed by atoms with Crippen molar-refractivity contribution in [2.75, 3.05) is 0 Å². The Morgan fingerprint density at radius 3 is 2.27 bits per heavy atom. The molecule has 0 atom stereocenters. The summed E-state index contributed by atoms with van der Waals surface area (Å²) in [6.07, 6.45) is 0. The molecule has 2 nitrogen and oxygen atoms in total. The molecule has 1 aromatic carbocycles. The zero-order valence-corrected chi connectivity index (χ0v) is 10.0. The molecule has 0 N–H and O–H groups in total. The molecule has 2 rings (SSSR count). The zero-order valence-electron chi connectivity index (χ0n) is 9.19. The third-order valence-electron chi connectivity index (χ3n) is 2.05. The van der Waals surface area contributed by atoms with Crippen molar-refractivity contribution in [2.24, 2.45) is 0 Å². The fraction of sp³-hybridized carbons (Fsp3) is 0.333. The van der Waals surface area contributed by atoms with E-state index in [1.54, 1.807) is 11.8 Å². The molecule has 0 aliphatic carbocycles. The van der Waals surface area contributed by atoms with Crippen LogP contribution in [0.4, 0.5) is 0 Å². The number of hydrogen-bond acceptors (Lipinski definition) is 3. The molecule has 78 valence electrons. The van der Waals surface area contributed by atoms with Crippen LogP contribution < -0.4 is 0 Å². The Balaban J connectivity index is 2.52. The van der Waals surface area contributed by atoms with E-state index in [1.165, 1.54) is 0 Å². The summed E-state index contributed by atoms with van der Waals surface area (Å²) in [7, 11) is 0. The van der Waals surface area contributed by atoms with Gasteiger partial charge in [0, 0.05) is 5.25 Å². The Morgan fingerprint density at radius 2 is 1.67 bits per heavy atom. The van der Waals surface area contributed by atoms with E-state index in [1.807, 2.05) is 31.2 Å². The first-order valence-electron chi connectivity index (χ1n) is 5.07. The van der Waals surface area contributed by atoms with Gasteiger partial charge >= 0.3 is 0 Å². The van der Waals surface area contributed by atoms with E-state index in [0.717, 1.165) is 21.8 Å². The molecule has 0 aliphatic heterocycles. The lowest BCUT2D eigenvalue weighted by Gasteiger charge is -2.07. The minimum absolute atomic E-state index is 0.541. The van der Waals surface area contributed by atoms with Gasteiger partial charge in [-0.25, -0.2) is 9.97 Å². The fourth-order valence-electron chi connectivity index (χ4n) is 1.41. The van der Waals surface area contributed by atoms with Gasteiger partial charge in [-0.3, -0.25) is 0 Å². The van der Waals surface area contributed by atoms with E-state index in [9.17, 15) is 0 Å². The molecule has 0 fully saturated rings. The lowest BCUT2D eigenvalue weighted by Crippen LogP contribution is -1.95. The third-order valence-corrected chi connectivity index (χ3v) is 3.13. The Morgan fingerprint density at radius 1 is 1.07 bits per heavy atom. The van der Waals surface area contributed by atoms with Crippen LogP contribution in [0.3, 0.4) is 0 Å². The van der Waals surface area contributed by atoms with Gasteiger partial charge in [0.15, 0.2) is 0 Å². The fourth-order valence-corrected chi connectivity index (χ4v) is 2.22. The molecule has 0 bridgehead atoms. The van der Waals surface area contributed by atoms with E-state index in [0.29, 0.717) is 5.25 Å². The van der Waals surface area contributed by atoms with Crippen LogP contribution in [0.15, 0.2) is 29.3 Å². The normalized spacial score (nSPS) is 11.2. The van der Waals surface area contributed by atoms with Crippen LogP contribution >= 0.6 is 11.8 Å². The summed E-state index contributed by atoms with van der Waals surface area (Å²) >= 11 is 1.77. The number of fused-ring (bicyclic) bond motifs is 1. The van der Waals surface area contributed by atoms with E-state index in [2.05, 4.69) is 23.8 Å². The second-order valence-corrected chi connectivity index (χ2v) is 5.33. The summed E-state index contributed by atoms with van der Waals surface area (Å²) in [5.41, 5.74) is 2.97. The predicted molar refractivity (Wildman–Crippen MR) is 65.3 cm³/mol. The number of thioether (sulfide) groups is 1. The highest BCUT2D eigenvalue weighted by Crippen LogP contribution is 2.25. The molecule has 15 heavy (non-hydrogen) atoms. The van der Waals surface area contributed by atoms with E-state index in [4.69, 9.17) is 0 Å². The number of aromatic nitrogens is 2. The van der Waals surface area contributed by atoms with Gasteiger partial charge < -0.3 is 0 Å². The molecule has 2 aromatic rings. The summed E-state index contributed by atoms with van der Waals surface area (Å²) < 4.78 is 0. The molecule has 0 radical (unpaired) electrons. The molecular weight excluding hydrogens is 204 g/mol. The first-order valence-corrected chi connectivity index (χ1v) is 5.95. The van der Waals surface area contributed by atoms with Crippen molar-refractivity contribution in [3.05, 3.63) is 30.0 Å². The quantitative estimate of drug-likeness (QED) is 0.722. The van der Waals surface area contributed by atoms with Crippen LogP contribution in [0.1, 0.15) is 19.5 Å². The Bertz CT molecular complexity index is 480. The van der Waals surface area contributed by atoms with Crippen LogP contribution in [0.25, 0.3) is 11.0 Å². The summed E-state index contributed by atoms with van der Waals surface area (Å²) in [6.45, 7) is 6.35. The van der Waals surface area contributed by atoms with Crippen LogP contribution in [0.2, 0.25) is 0 Å². The number of nitrogens with zero attached hydrogens (tertiary/aromatic N) is 2. The van der Waals surface area contributed by atoms with Crippen molar-refractivity contribution < 1.29 is 0 Å². The Hall–Kier alpha value is -1.09.